The van der Waals surface area contributed by atoms with Crippen LogP contribution in [0.4, 0.5) is 5.95 Å². The number of amides is 1. The molecule has 9 heteroatoms. The molecule has 0 bridgehead atoms. The molecule has 1 atom stereocenters. The van der Waals surface area contributed by atoms with Crippen molar-refractivity contribution >= 4 is 39.4 Å². The number of thiophene rings is 1. The lowest BCUT2D eigenvalue weighted by Gasteiger charge is -2.32. The number of anilines is 1. The van der Waals surface area contributed by atoms with Gasteiger partial charge in [0, 0.05) is 24.0 Å². The van der Waals surface area contributed by atoms with Crippen LogP contribution in [0.15, 0.2) is 40.5 Å². The van der Waals surface area contributed by atoms with Crippen molar-refractivity contribution in [3.8, 4) is 11.1 Å². The fourth-order valence-corrected chi connectivity index (χ4v) is 4.70. The predicted molar refractivity (Wildman–Crippen MR) is 120 cm³/mol. The lowest BCUT2D eigenvalue weighted by molar-refractivity contribution is -0.143. The number of carbonyl (C=O) groups excluding carboxylic acids is 2. The predicted octanol–water partition coefficient (Wildman–Crippen LogP) is 2.55. The van der Waals surface area contributed by atoms with Crippen LogP contribution in [0.2, 0.25) is 0 Å². The molecule has 0 radical (unpaired) electrons. The van der Waals surface area contributed by atoms with Crippen molar-refractivity contribution in [1.82, 2.24) is 15.3 Å². The monoisotopic (exact) mass is 440 g/mol. The van der Waals surface area contributed by atoms with Crippen LogP contribution in [0.1, 0.15) is 19.8 Å². The largest absolute Gasteiger partial charge is 0.465 e. The summed E-state index contributed by atoms with van der Waals surface area (Å²) in [5, 5.41) is 4.60. The van der Waals surface area contributed by atoms with Gasteiger partial charge in [-0.2, -0.15) is 0 Å². The third-order valence-corrected chi connectivity index (χ3v) is 6.27. The number of nitrogens with one attached hydrogen (secondary N) is 2. The molecule has 2 N–H and O–H groups in total. The number of benzene rings is 1. The van der Waals surface area contributed by atoms with E-state index >= 15 is 0 Å². The summed E-state index contributed by atoms with van der Waals surface area (Å²) in [7, 11) is 0. The van der Waals surface area contributed by atoms with Crippen LogP contribution in [0.5, 0.6) is 0 Å². The van der Waals surface area contributed by atoms with Crippen molar-refractivity contribution in [1.29, 1.82) is 0 Å². The first kappa shape index (κ1) is 21.0. The van der Waals surface area contributed by atoms with Crippen molar-refractivity contribution in [2.24, 2.45) is 5.92 Å². The molecule has 0 spiro atoms. The first-order chi connectivity index (χ1) is 15.1. The third kappa shape index (κ3) is 4.61. The fourth-order valence-electron chi connectivity index (χ4n) is 3.79. The first-order valence-electron chi connectivity index (χ1n) is 10.3. The van der Waals surface area contributed by atoms with Crippen LogP contribution >= 0.6 is 11.3 Å². The van der Waals surface area contributed by atoms with E-state index in [1.54, 1.807) is 6.92 Å². The summed E-state index contributed by atoms with van der Waals surface area (Å²) in [5.74, 6) is -0.469. The number of hydrogen-bond acceptors (Lipinski definition) is 7. The van der Waals surface area contributed by atoms with Crippen molar-refractivity contribution in [2.75, 3.05) is 31.1 Å². The Morgan fingerprint density at radius 3 is 2.90 bits per heavy atom. The molecule has 0 unspecified atom stereocenters. The van der Waals surface area contributed by atoms with Crippen molar-refractivity contribution in [3.05, 3.63) is 46.1 Å². The lowest BCUT2D eigenvalue weighted by Crippen LogP contribution is -2.45. The SMILES string of the molecule is CCOC(=O)CNC(=O)[C@@H]1CCCN(c2nc3c(-c4ccccc4)csc3c(=O)[nH]2)C1. The highest BCUT2D eigenvalue weighted by molar-refractivity contribution is 7.17. The molecule has 1 saturated heterocycles. The number of aromatic nitrogens is 2. The number of esters is 1. The Labute approximate surface area is 183 Å². The summed E-state index contributed by atoms with van der Waals surface area (Å²) in [6, 6.07) is 9.85. The van der Waals surface area contributed by atoms with Gasteiger partial charge in [0.25, 0.3) is 5.56 Å². The molecular weight excluding hydrogens is 416 g/mol. The Bertz CT molecular complexity index is 1140. The minimum absolute atomic E-state index is 0.139. The van der Waals surface area contributed by atoms with E-state index in [1.807, 2.05) is 40.6 Å². The van der Waals surface area contributed by atoms with Gasteiger partial charge in [-0.05, 0) is 25.3 Å². The van der Waals surface area contributed by atoms with Crippen molar-refractivity contribution < 1.29 is 14.3 Å². The molecule has 3 heterocycles. The van der Waals surface area contributed by atoms with Gasteiger partial charge in [0.05, 0.1) is 18.0 Å². The molecular formula is C22H24N4O4S. The zero-order chi connectivity index (χ0) is 21.8. The van der Waals surface area contributed by atoms with Gasteiger partial charge in [0.15, 0.2) is 0 Å². The van der Waals surface area contributed by atoms with Crippen LogP contribution in [0.3, 0.4) is 0 Å². The molecule has 31 heavy (non-hydrogen) atoms. The second-order valence-electron chi connectivity index (χ2n) is 7.39. The molecule has 162 valence electrons. The normalized spacial score (nSPS) is 16.3. The minimum atomic E-state index is -0.453. The third-order valence-electron chi connectivity index (χ3n) is 5.30. The number of nitrogens with zero attached hydrogens (tertiary/aromatic N) is 2. The highest BCUT2D eigenvalue weighted by Crippen LogP contribution is 2.32. The van der Waals surface area contributed by atoms with E-state index in [4.69, 9.17) is 9.72 Å². The first-order valence-corrected chi connectivity index (χ1v) is 11.2. The van der Waals surface area contributed by atoms with Gasteiger partial charge < -0.3 is 15.0 Å². The molecule has 2 aromatic heterocycles. The maximum Gasteiger partial charge on any atom is 0.325 e. The number of hydrogen-bond donors (Lipinski definition) is 2. The number of H-pyrrole nitrogens is 1. The Morgan fingerprint density at radius 1 is 1.32 bits per heavy atom. The quantitative estimate of drug-likeness (QED) is 0.571. The van der Waals surface area contributed by atoms with E-state index in [-0.39, 0.29) is 30.5 Å². The van der Waals surface area contributed by atoms with Gasteiger partial charge in [-0.15, -0.1) is 11.3 Å². The Balaban J connectivity index is 1.55. The van der Waals surface area contributed by atoms with E-state index in [2.05, 4.69) is 10.3 Å². The number of aromatic amines is 1. The zero-order valence-corrected chi connectivity index (χ0v) is 18.0. The summed E-state index contributed by atoms with van der Waals surface area (Å²) in [6.07, 6.45) is 1.50. The maximum absolute atomic E-state index is 12.7. The molecule has 3 aromatic rings. The molecule has 4 rings (SSSR count). The smallest absolute Gasteiger partial charge is 0.325 e. The van der Waals surface area contributed by atoms with Gasteiger partial charge in [0.1, 0.15) is 11.2 Å². The fraction of sp³-hybridized carbons (Fsp3) is 0.364. The zero-order valence-electron chi connectivity index (χ0n) is 17.2. The van der Waals surface area contributed by atoms with Crippen LogP contribution in [0.25, 0.3) is 21.3 Å². The number of ether oxygens (including phenoxy) is 1. The molecule has 1 aliphatic heterocycles. The highest BCUT2D eigenvalue weighted by Gasteiger charge is 2.28. The molecule has 0 saturated carbocycles. The van der Waals surface area contributed by atoms with Crippen molar-refractivity contribution in [2.45, 2.75) is 19.8 Å². The molecule has 1 aromatic carbocycles. The summed E-state index contributed by atoms with van der Waals surface area (Å²) in [4.78, 5) is 46.3. The second-order valence-corrected chi connectivity index (χ2v) is 8.27. The van der Waals surface area contributed by atoms with Gasteiger partial charge in [0.2, 0.25) is 11.9 Å². The number of rotatable bonds is 6. The van der Waals surface area contributed by atoms with Crippen molar-refractivity contribution in [3.63, 3.8) is 0 Å². The average molecular weight is 441 g/mol. The Morgan fingerprint density at radius 2 is 2.13 bits per heavy atom. The van der Waals surface area contributed by atoms with E-state index in [1.165, 1.54) is 11.3 Å². The standard InChI is InChI=1S/C22H24N4O4S/c1-2-30-17(27)11-23-20(28)15-9-6-10-26(12-15)22-24-18-16(14-7-4-3-5-8-14)13-31-19(18)21(29)25-22/h3-5,7-8,13,15H,2,6,9-12H2,1H3,(H,23,28)(H,24,25,29)/t15-/m1/s1. The van der Waals surface area contributed by atoms with Crippen LogP contribution in [-0.4, -0.2) is 48.1 Å². The van der Waals surface area contributed by atoms with Gasteiger partial charge in [-0.1, -0.05) is 30.3 Å². The average Bonchev–Trinajstić information content (AvgIpc) is 3.23. The highest BCUT2D eigenvalue weighted by atomic mass is 32.1. The number of fused-ring (bicyclic) bond motifs is 1. The van der Waals surface area contributed by atoms with E-state index in [9.17, 15) is 14.4 Å². The van der Waals surface area contributed by atoms with Crippen LogP contribution < -0.4 is 15.8 Å². The van der Waals surface area contributed by atoms with E-state index in [0.717, 1.165) is 17.5 Å². The molecule has 8 nitrogen and oxygen atoms in total. The number of carbonyl (C=O) groups is 2. The van der Waals surface area contributed by atoms with Gasteiger partial charge in [-0.3, -0.25) is 19.4 Å². The van der Waals surface area contributed by atoms with Crippen LogP contribution in [-0.2, 0) is 14.3 Å². The second kappa shape index (κ2) is 9.30. The maximum atomic E-state index is 12.7. The Hall–Kier alpha value is -3.20. The molecule has 1 fully saturated rings. The topological polar surface area (TPSA) is 104 Å². The summed E-state index contributed by atoms with van der Waals surface area (Å²) in [6.45, 7) is 2.98. The Kier molecular flexibility index (Phi) is 6.31. The van der Waals surface area contributed by atoms with E-state index in [0.29, 0.717) is 35.7 Å². The lowest BCUT2D eigenvalue weighted by atomic mass is 9.97. The molecule has 0 aliphatic carbocycles. The summed E-state index contributed by atoms with van der Waals surface area (Å²) < 4.78 is 5.44. The van der Waals surface area contributed by atoms with E-state index < -0.39 is 5.97 Å². The summed E-state index contributed by atoms with van der Waals surface area (Å²) in [5.41, 5.74) is 2.42. The molecule has 1 amide bonds. The summed E-state index contributed by atoms with van der Waals surface area (Å²) >= 11 is 1.38. The number of piperidine rings is 1. The minimum Gasteiger partial charge on any atom is -0.465 e. The van der Waals surface area contributed by atoms with Gasteiger partial charge >= 0.3 is 5.97 Å². The molecule has 1 aliphatic rings. The van der Waals surface area contributed by atoms with Crippen LogP contribution in [0, 0.1) is 5.92 Å². The van der Waals surface area contributed by atoms with Gasteiger partial charge in [-0.25, -0.2) is 4.98 Å².